The molecule has 0 saturated heterocycles. The molecule has 1 aromatic carbocycles. The molecule has 0 aliphatic carbocycles. The van der Waals surface area contributed by atoms with E-state index in [0.717, 1.165) is 12.1 Å². The first kappa shape index (κ1) is 11.9. The first-order valence-electron chi connectivity index (χ1n) is 4.55. The molecule has 0 spiro atoms. The lowest BCUT2D eigenvalue weighted by molar-refractivity contribution is 0.0200. The Morgan fingerprint density at radius 3 is 2.60 bits per heavy atom. The van der Waals surface area contributed by atoms with Crippen molar-refractivity contribution in [1.29, 1.82) is 0 Å². The van der Waals surface area contributed by atoms with Crippen LogP contribution >= 0.6 is 0 Å². The number of phenols is 1. The predicted octanol–water partition coefficient (Wildman–Crippen LogP) is 0.145. The van der Waals surface area contributed by atoms with Gasteiger partial charge in [0.2, 0.25) is 0 Å². The molecule has 0 bridgehead atoms. The van der Waals surface area contributed by atoms with Gasteiger partial charge in [0.15, 0.2) is 11.6 Å². The van der Waals surface area contributed by atoms with Gasteiger partial charge in [-0.3, -0.25) is 0 Å². The van der Waals surface area contributed by atoms with E-state index in [1.807, 2.05) is 0 Å². The molecule has 4 N–H and O–H groups in total. The molecule has 5 heteroatoms. The summed E-state index contributed by atoms with van der Waals surface area (Å²) in [5.41, 5.74) is 0.230. The molecular weight excluding hydrogens is 201 g/mol. The maximum Gasteiger partial charge on any atom is 0.165 e. The van der Waals surface area contributed by atoms with Crippen LogP contribution in [0, 0.1) is 5.82 Å². The summed E-state index contributed by atoms with van der Waals surface area (Å²) in [6, 6.07) is 3.50. The number of likely N-dealkylation sites (N-methyl/N-ethyl adjacent to an activating group) is 1. The second-order valence-corrected chi connectivity index (χ2v) is 3.28. The van der Waals surface area contributed by atoms with Crippen LogP contribution in [-0.2, 0) is 0 Å². The minimum absolute atomic E-state index is 0.198. The predicted molar refractivity (Wildman–Crippen MR) is 53.0 cm³/mol. The van der Waals surface area contributed by atoms with Crippen molar-refractivity contribution < 1.29 is 19.7 Å². The zero-order valence-corrected chi connectivity index (χ0v) is 8.31. The van der Waals surface area contributed by atoms with Crippen LogP contribution in [0.3, 0.4) is 0 Å². The highest BCUT2D eigenvalue weighted by Crippen LogP contribution is 2.22. The molecule has 2 atom stereocenters. The van der Waals surface area contributed by atoms with Gasteiger partial charge in [0.05, 0.1) is 6.10 Å². The number of aromatic hydroxyl groups is 1. The smallest absolute Gasteiger partial charge is 0.165 e. The van der Waals surface area contributed by atoms with Crippen molar-refractivity contribution in [2.24, 2.45) is 0 Å². The summed E-state index contributed by atoms with van der Waals surface area (Å²) in [7, 11) is 1.63. The summed E-state index contributed by atoms with van der Waals surface area (Å²) < 4.78 is 12.9. The highest BCUT2D eigenvalue weighted by molar-refractivity contribution is 5.29. The van der Waals surface area contributed by atoms with E-state index in [1.165, 1.54) is 6.07 Å². The molecule has 0 aromatic heterocycles. The number of benzene rings is 1. The van der Waals surface area contributed by atoms with E-state index in [4.69, 9.17) is 5.11 Å². The van der Waals surface area contributed by atoms with Crippen LogP contribution in [0.2, 0.25) is 0 Å². The largest absolute Gasteiger partial charge is 0.505 e. The van der Waals surface area contributed by atoms with Gasteiger partial charge in [-0.2, -0.15) is 0 Å². The van der Waals surface area contributed by atoms with Gasteiger partial charge in [-0.15, -0.1) is 0 Å². The summed E-state index contributed by atoms with van der Waals surface area (Å²) in [5, 5.41) is 30.7. The first-order chi connectivity index (χ1) is 7.06. The molecule has 0 fully saturated rings. The molecule has 0 amide bonds. The van der Waals surface area contributed by atoms with Crippen molar-refractivity contribution in [3.8, 4) is 5.75 Å². The summed E-state index contributed by atoms with van der Waals surface area (Å²) >= 11 is 0. The Morgan fingerprint density at radius 2 is 2.07 bits per heavy atom. The number of hydrogen-bond donors (Lipinski definition) is 4. The molecule has 84 valence electrons. The lowest BCUT2D eigenvalue weighted by atomic mass is 10.0. The third-order valence-electron chi connectivity index (χ3n) is 2.09. The summed E-state index contributed by atoms with van der Waals surface area (Å²) in [6.45, 7) is 0.198. The summed E-state index contributed by atoms with van der Waals surface area (Å²) in [5.74, 6) is -1.29. The summed E-state index contributed by atoms with van der Waals surface area (Å²) in [6.07, 6.45) is -2.19. The number of rotatable bonds is 4. The van der Waals surface area contributed by atoms with E-state index in [-0.39, 0.29) is 12.1 Å². The zero-order valence-electron chi connectivity index (χ0n) is 8.31. The van der Waals surface area contributed by atoms with Gasteiger partial charge in [0.25, 0.3) is 0 Å². The normalized spacial score (nSPS) is 14.9. The minimum Gasteiger partial charge on any atom is -0.505 e. The topological polar surface area (TPSA) is 72.7 Å². The average molecular weight is 215 g/mol. The molecule has 15 heavy (non-hydrogen) atoms. The third-order valence-corrected chi connectivity index (χ3v) is 2.09. The number of aliphatic hydroxyl groups is 2. The molecule has 1 aromatic rings. The van der Waals surface area contributed by atoms with Crippen LogP contribution in [0.5, 0.6) is 5.75 Å². The lowest BCUT2D eigenvalue weighted by Crippen LogP contribution is -2.29. The Labute approximate surface area is 87.0 Å². The Balaban J connectivity index is 2.81. The number of hydrogen-bond acceptors (Lipinski definition) is 4. The van der Waals surface area contributed by atoms with Crippen LogP contribution in [-0.4, -0.2) is 35.0 Å². The molecule has 0 heterocycles. The van der Waals surface area contributed by atoms with Gasteiger partial charge in [-0.05, 0) is 24.7 Å². The molecule has 0 saturated carbocycles. The van der Waals surface area contributed by atoms with Crippen molar-refractivity contribution in [3.63, 3.8) is 0 Å². The van der Waals surface area contributed by atoms with Gasteiger partial charge in [0.1, 0.15) is 6.10 Å². The van der Waals surface area contributed by atoms with Crippen molar-refractivity contribution in [3.05, 3.63) is 29.6 Å². The van der Waals surface area contributed by atoms with Gasteiger partial charge in [-0.1, -0.05) is 6.07 Å². The molecule has 4 nitrogen and oxygen atoms in total. The van der Waals surface area contributed by atoms with Crippen LogP contribution in [0.25, 0.3) is 0 Å². The fourth-order valence-corrected chi connectivity index (χ4v) is 1.25. The van der Waals surface area contributed by atoms with Gasteiger partial charge in [-0.25, -0.2) is 4.39 Å². The Kier molecular flexibility index (Phi) is 4.02. The zero-order chi connectivity index (χ0) is 11.4. The number of phenolic OH excluding ortho intramolecular Hbond substituents is 1. The van der Waals surface area contributed by atoms with Gasteiger partial charge in [0, 0.05) is 6.54 Å². The lowest BCUT2D eigenvalue weighted by Gasteiger charge is -2.17. The quantitative estimate of drug-likeness (QED) is 0.576. The summed E-state index contributed by atoms with van der Waals surface area (Å²) in [4.78, 5) is 0. The average Bonchev–Trinajstić information content (AvgIpc) is 2.21. The van der Waals surface area contributed by atoms with E-state index in [0.29, 0.717) is 0 Å². The van der Waals surface area contributed by atoms with Crippen molar-refractivity contribution in [2.45, 2.75) is 12.2 Å². The number of nitrogens with one attached hydrogen (secondary N) is 1. The maximum absolute atomic E-state index is 12.9. The van der Waals surface area contributed by atoms with E-state index < -0.39 is 23.8 Å². The fourth-order valence-electron chi connectivity index (χ4n) is 1.25. The van der Waals surface area contributed by atoms with Crippen LogP contribution in [0.1, 0.15) is 11.7 Å². The number of halogens is 1. The second-order valence-electron chi connectivity index (χ2n) is 3.28. The molecule has 1 rings (SSSR count). The van der Waals surface area contributed by atoms with Crippen molar-refractivity contribution in [2.75, 3.05) is 13.6 Å². The molecule has 0 radical (unpaired) electrons. The Bertz CT molecular complexity index is 332. The van der Waals surface area contributed by atoms with Gasteiger partial charge < -0.3 is 20.6 Å². The Hall–Kier alpha value is -1.17. The molecule has 0 aliphatic rings. The highest BCUT2D eigenvalue weighted by Gasteiger charge is 2.18. The third kappa shape index (κ3) is 2.89. The standard InChI is InChI=1S/C10H14FNO3/c1-12-5-9(14)10(15)6-2-3-8(13)7(11)4-6/h2-4,9-10,12-15H,5H2,1H3. The fraction of sp³-hybridized carbons (Fsp3) is 0.400. The highest BCUT2D eigenvalue weighted by atomic mass is 19.1. The minimum atomic E-state index is -1.17. The Morgan fingerprint density at radius 1 is 1.40 bits per heavy atom. The van der Waals surface area contributed by atoms with E-state index in [1.54, 1.807) is 7.05 Å². The van der Waals surface area contributed by atoms with Gasteiger partial charge >= 0.3 is 0 Å². The monoisotopic (exact) mass is 215 g/mol. The molecular formula is C10H14FNO3. The number of aliphatic hydroxyl groups excluding tert-OH is 2. The SMILES string of the molecule is CNCC(O)C(O)c1ccc(O)c(F)c1. The maximum atomic E-state index is 12.9. The first-order valence-corrected chi connectivity index (χ1v) is 4.55. The van der Waals surface area contributed by atoms with Crippen LogP contribution < -0.4 is 5.32 Å². The van der Waals surface area contributed by atoms with Crippen molar-refractivity contribution in [1.82, 2.24) is 5.32 Å². The van der Waals surface area contributed by atoms with E-state index in [2.05, 4.69) is 5.32 Å². The second kappa shape index (κ2) is 5.06. The molecule has 2 unspecified atom stereocenters. The molecule has 0 aliphatic heterocycles. The van der Waals surface area contributed by atoms with Crippen LogP contribution in [0.15, 0.2) is 18.2 Å². The van der Waals surface area contributed by atoms with Crippen LogP contribution in [0.4, 0.5) is 4.39 Å². The van der Waals surface area contributed by atoms with Crippen molar-refractivity contribution >= 4 is 0 Å². The van der Waals surface area contributed by atoms with E-state index in [9.17, 15) is 14.6 Å². The van der Waals surface area contributed by atoms with E-state index >= 15 is 0 Å².